The Morgan fingerprint density at radius 2 is 2.08 bits per heavy atom. The molecule has 0 aliphatic carbocycles. The predicted octanol–water partition coefficient (Wildman–Crippen LogP) is 1.64. The van der Waals surface area contributed by atoms with Gasteiger partial charge in [-0.3, -0.25) is 9.89 Å². The molecule has 2 heterocycles. The molecule has 0 bridgehead atoms. The van der Waals surface area contributed by atoms with Gasteiger partial charge in [0.25, 0.3) is 5.91 Å². The predicted molar refractivity (Wildman–Crippen MR) is 96.7 cm³/mol. The van der Waals surface area contributed by atoms with Crippen molar-refractivity contribution < 1.29 is 14.3 Å². The zero-order chi connectivity index (χ0) is 16.9. The maximum atomic E-state index is 12.6. The second-order valence-corrected chi connectivity index (χ2v) is 5.68. The summed E-state index contributed by atoms with van der Waals surface area (Å²) in [6.07, 6.45) is 0.871. The van der Waals surface area contributed by atoms with Gasteiger partial charge < -0.3 is 19.7 Å². The van der Waals surface area contributed by atoms with Crippen molar-refractivity contribution in [3.05, 3.63) is 41.2 Å². The smallest absolute Gasteiger partial charge is 0.274 e. The topological polar surface area (TPSA) is 79.5 Å². The van der Waals surface area contributed by atoms with Gasteiger partial charge in [0.2, 0.25) is 0 Å². The van der Waals surface area contributed by atoms with Gasteiger partial charge in [-0.15, -0.1) is 12.4 Å². The van der Waals surface area contributed by atoms with Crippen molar-refractivity contribution in [1.82, 2.24) is 20.4 Å². The lowest BCUT2D eigenvalue weighted by molar-refractivity contribution is 0.0766. The van der Waals surface area contributed by atoms with Crippen molar-refractivity contribution in [3.63, 3.8) is 0 Å². The average Bonchev–Trinajstić information content (AvgIpc) is 3.05. The number of hydrogen-bond donors (Lipinski definition) is 2. The molecule has 0 radical (unpaired) electrons. The van der Waals surface area contributed by atoms with E-state index in [0.717, 1.165) is 24.2 Å². The number of likely N-dealkylation sites (N-methyl/N-ethyl adjacent to an activating group) is 1. The highest BCUT2D eigenvalue weighted by atomic mass is 35.5. The van der Waals surface area contributed by atoms with Crippen LogP contribution in [0.15, 0.2) is 24.3 Å². The largest absolute Gasteiger partial charge is 0.493 e. The molecule has 3 rings (SSSR count). The number of ether oxygens (including phenoxy) is 2. The van der Waals surface area contributed by atoms with Gasteiger partial charge in [0.1, 0.15) is 6.61 Å². The number of amides is 1. The Kier molecular flexibility index (Phi) is 6.66. The summed E-state index contributed by atoms with van der Waals surface area (Å²) in [6, 6.07) is 7.45. The van der Waals surface area contributed by atoms with E-state index in [1.54, 1.807) is 19.1 Å². The molecule has 0 saturated heterocycles. The number of rotatable bonds is 6. The molecular formula is C17H23ClN4O3. The molecule has 25 heavy (non-hydrogen) atoms. The molecule has 0 fully saturated rings. The summed E-state index contributed by atoms with van der Waals surface area (Å²) in [5, 5.41) is 10.4. The van der Waals surface area contributed by atoms with Gasteiger partial charge in [0.05, 0.1) is 13.7 Å². The molecule has 0 spiro atoms. The molecule has 0 saturated carbocycles. The van der Waals surface area contributed by atoms with Crippen LogP contribution in [0.5, 0.6) is 11.5 Å². The number of halogens is 1. The Bertz CT molecular complexity index is 720. The van der Waals surface area contributed by atoms with Gasteiger partial charge in [-0.25, -0.2) is 0 Å². The number of hydrogen-bond acceptors (Lipinski definition) is 5. The molecule has 2 N–H and O–H groups in total. The molecule has 0 atom stereocenters. The van der Waals surface area contributed by atoms with E-state index in [4.69, 9.17) is 9.47 Å². The first-order chi connectivity index (χ1) is 11.7. The van der Waals surface area contributed by atoms with Crippen LogP contribution in [0.4, 0.5) is 0 Å². The second kappa shape index (κ2) is 8.73. The lowest BCUT2D eigenvalue weighted by Crippen LogP contribution is -2.33. The molecular weight excluding hydrogens is 344 g/mol. The normalized spacial score (nSPS) is 12.7. The van der Waals surface area contributed by atoms with Crippen LogP contribution < -0.4 is 14.8 Å². The number of aromatic nitrogens is 2. The van der Waals surface area contributed by atoms with E-state index in [1.807, 2.05) is 24.3 Å². The van der Waals surface area contributed by atoms with E-state index >= 15 is 0 Å². The molecule has 1 aliphatic rings. The Hall–Kier alpha value is -2.25. The molecule has 7 nitrogen and oxygen atoms in total. The minimum Gasteiger partial charge on any atom is -0.493 e. The third-order valence-corrected chi connectivity index (χ3v) is 4.11. The van der Waals surface area contributed by atoms with Gasteiger partial charge in [0.15, 0.2) is 17.2 Å². The number of carbonyl (C=O) groups excluding carboxylic acids is 1. The molecule has 1 aromatic carbocycles. The molecule has 8 heteroatoms. The second-order valence-electron chi connectivity index (χ2n) is 5.68. The van der Waals surface area contributed by atoms with Gasteiger partial charge >= 0.3 is 0 Å². The lowest BCUT2D eigenvalue weighted by Gasteiger charge is -2.19. The summed E-state index contributed by atoms with van der Waals surface area (Å²) < 4.78 is 11.0. The van der Waals surface area contributed by atoms with E-state index in [-0.39, 0.29) is 18.3 Å². The van der Waals surface area contributed by atoms with Crippen molar-refractivity contribution in [2.45, 2.75) is 13.0 Å². The summed E-state index contributed by atoms with van der Waals surface area (Å²) in [7, 11) is 3.36. The van der Waals surface area contributed by atoms with Gasteiger partial charge in [-0.1, -0.05) is 12.1 Å². The first-order valence-electron chi connectivity index (χ1n) is 7.99. The van der Waals surface area contributed by atoms with Crippen molar-refractivity contribution in [2.75, 3.05) is 33.9 Å². The minimum atomic E-state index is -0.0974. The fourth-order valence-electron chi connectivity index (χ4n) is 2.72. The van der Waals surface area contributed by atoms with Crippen LogP contribution in [0.1, 0.15) is 21.7 Å². The minimum absolute atomic E-state index is 0. The monoisotopic (exact) mass is 366 g/mol. The van der Waals surface area contributed by atoms with Crippen LogP contribution in [0.3, 0.4) is 0 Å². The standard InChI is InChI=1S/C17H22N4O3.ClH/c1-21(9-10-24-15-6-4-3-5-14(15)23-2)17(22)16-12-11-18-8-7-13(12)19-20-16;/h3-6,18H,7-11H2,1-2H3,(H,19,20);1H. The summed E-state index contributed by atoms with van der Waals surface area (Å²) in [4.78, 5) is 14.2. The molecule has 1 aliphatic heterocycles. The third-order valence-electron chi connectivity index (χ3n) is 4.11. The summed E-state index contributed by atoms with van der Waals surface area (Å²) in [5.74, 6) is 1.25. The van der Waals surface area contributed by atoms with Gasteiger partial charge in [-0.05, 0) is 12.1 Å². The van der Waals surface area contributed by atoms with Crippen LogP contribution >= 0.6 is 12.4 Å². The van der Waals surface area contributed by atoms with E-state index in [1.165, 1.54) is 0 Å². The summed E-state index contributed by atoms with van der Waals surface area (Å²) >= 11 is 0. The van der Waals surface area contributed by atoms with Crippen LogP contribution in [0.25, 0.3) is 0 Å². The molecule has 136 valence electrons. The van der Waals surface area contributed by atoms with Crippen LogP contribution in [0, 0.1) is 0 Å². The Balaban J connectivity index is 0.00000225. The maximum absolute atomic E-state index is 12.6. The van der Waals surface area contributed by atoms with Crippen molar-refractivity contribution >= 4 is 18.3 Å². The SMILES string of the molecule is COc1ccccc1OCCN(C)C(=O)c1n[nH]c2c1CNCC2.Cl. The fraction of sp³-hybridized carbons (Fsp3) is 0.412. The van der Waals surface area contributed by atoms with E-state index in [2.05, 4.69) is 15.5 Å². The number of para-hydroxylation sites is 2. The van der Waals surface area contributed by atoms with Crippen molar-refractivity contribution in [3.8, 4) is 11.5 Å². The summed E-state index contributed by atoms with van der Waals surface area (Å²) in [6.45, 7) is 2.43. The number of benzene rings is 1. The Morgan fingerprint density at radius 1 is 1.32 bits per heavy atom. The van der Waals surface area contributed by atoms with E-state index < -0.39 is 0 Å². The number of H-pyrrole nitrogens is 1. The lowest BCUT2D eigenvalue weighted by atomic mass is 10.1. The van der Waals surface area contributed by atoms with Crippen molar-refractivity contribution in [1.29, 1.82) is 0 Å². The quantitative estimate of drug-likeness (QED) is 0.812. The highest BCUT2D eigenvalue weighted by molar-refractivity contribution is 5.93. The number of nitrogens with zero attached hydrogens (tertiary/aromatic N) is 2. The number of methoxy groups -OCH3 is 1. The number of carbonyl (C=O) groups is 1. The number of aromatic amines is 1. The van der Waals surface area contributed by atoms with E-state index in [0.29, 0.717) is 36.9 Å². The van der Waals surface area contributed by atoms with E-state index in [9.17, 15) is 4.79 Å². The zero-order valence-electron chi connectivity index (χ0n) is 14.4. The highest BCUT2D eigenvalue weighted by Crippen LogP contribution is 2.25. The fourth-order valence-corrected chi connectivity index (χ4v) is 2.72. The Morgan fingerprint density at radius 3 is 2.84 bits per heavy atom. The molecule has 2 aromatic rings. The van der Waals surface area contributed by atoms with Crippen molar-refractivity contribution in [2.24, 2.45) is 0 Å². The molecule has 0 unspecified atom stereocenters. The molecule has 1 amide bonds. The first kappa shape index (κ1) is 19.1. The van der Waals surface area contributed by atoms with Crippen LogP contribution in [0.2, 0.25) is 0 Å². The highest BCUT2D eigenvalue weighted by Gasteiger charge is 2.23. The molecule has 1 aromatic heterocycles. The van der Waals surface area contributed by atoms with Crippen LogP contribution in [-0.2, 0) is 13.0 Å². The van der Waals surface area contributed by atoms with Crippen LogP contribution in [-0.4, -0.2) is 54.9 Å². The zero-order valence-corrected chi connectivity index (χ0v) is 15.2. The van der Waals surface area contributed by atoms with Gasteiger partial charge in [-0.2, -0.15) is 5.10 Å². The summed E-state index contributed by atoms with van der Waals surface area (Å²) in [5.41, 5.74) is 2.52. The van der Waals surface area contributed by atoms with Gasteiger partial charge in [0, 0.05) is 37.8 Å². The first-order valence-corrected chi connectivity index (χ1v) is 7.99. The number of nitrogens with one attached hydrogen (secondary N) is 2. The third kappa shape index (κ3) is 4.24. The average molecular weight is 367 g/mol. The Labute approximate surface area is 153 Å². The number of fused-ring (bicyclic) bond motifs is 1. The maximum Gasteiger partial charge on any atom is 0.274 e.